The molecule has 0 saturated heterocycles. The van der Waals surface area contributed by atoms with E-state index < -0.39 is 0 Å². The summed E-state index contributed by atoms with van der Waals surface area (Å²) in [5.74, 6) is 1.74. The van der Waals surface area contributed by atoms with Crippen LogP contribution in [0.15, 0.2) is 18.2 Å². The molecule has 0 fully saturated rings. The molecule has 0 aliphatic rings. The second-order valence-electron chi connectivity index (χ2n) is 5.20. The third kappa shape index (κ3) is 3.13. The van der Waals surface area contributed by atoms with Gasteiger partial charge in [0, 0.05) is 11.6 Å². The van der Waals surface area contributed by atoms with Gasteiger partial charge in [-0.05, 0) is 30.7 Å². The topological polar surface area (TPSA) is 30.5 Å². The molecule has 0 bridgehead atoms. The SMILES string of the molecule is CNC(c1cc(OC)ccc1OC)C(C)(C)C. The van der Waals surface area contributed by atoms with E-state index in [0.29, 0.717) is 0 Å². The van der Waals surface area contributed by atoms with Gasteiger partial charge in [0.15, 0.2) is 0 Å². The number of rotatable bonds is 4. The quantitative estimate of drug-likeness (QED) is 0.873. The zero-order chi connectivity index (χ0) is 13.1. The molecule has 1 rings (SSSR count). The van der Waals surface area contributed by atoms with Crippen molar-refractivity contribution >= 4 is 0 Å². The van der Waals surface area contributed by atoms with Crippen LogP contribution in [0.5, 0.6) is 11.5 Å². The number of nitrogens with one attached hydrogen (secondary N) is 1. The van der Waals surface area contributed by atoms with Crippen LogP contribution in [0, 0.1) is 5.41 Å². The molecule has 0 aliphatic heterocycles. The van der Waals surface area contributed by atoms with Crippen LogP contribution < -0.4 is 14.8 Å². The second-order valence-corrected chi connectivity index (χ2v) is 5.20. The molecule has 1 N–H and O–H groups in total. The maximum atomic E-state index is 5.43. The number of benzene rings is 1. The van der Waals surface area contributed by atoms with Gasteiger partial charge in [0.05, 0.1) is 14.2 Å². The molecule has 0 saturated carbocycles. The standard InChI is InChI=1S/C14H23NO2/c1-14(2,3)13(15-4)11-9-10(16-5)7-8-12(11)17-6/h7-9,13,15H,1-6H3. The van der Waals surface area contributed by atoms with Gasteiger partial charge in [-0.15, -0.1) is 0 Å². The van der Waals surface area contributed by atoms with Gasteiger partial charge < -0.3 is 14.8 Å². The number of ether oxygens (including phenoxy) is 2. The Labute approximate surface area is 104 Å². The van der Waals surface area contributed by atoms with Gasteiger partial charge >= 0.3 is 0 Å². The van der Waals surface area contributed by atoms with E-state index in [1.54, 1.807) is 14.2 Å². The van der Waals surface area contributed by atoms with E-state index >= 15 is 0 Å². The van der Waals surface area contributed by atoms with Gasteiger partial charge in [-0.1, -0.05) is 20.8 Å². The molecule has 0 aromatic heterocycles. The molecular formula is C14H23NO2. The van der Waals surface area contributed by atoms with Crippen molar-refractivity contribution in [3.05, 3.63) is 23.8 Å². The Hall–Kier alpha value is -1.22. The van der Waals surface area contributed by atoms with E-state index in [4.69, 9.17) is 9.47 Å². The maximum absolute atomic E-state index is 5.43. The van der Waals surface area contributed by atoms with Crippen molar-refractivity contribution in [1.29, 1.82) is 0 Å². The van der Waals surface area contributed by atoms with Crippen LogP contribution in [0.4, 0.5) is 0 Å². The molecule has 96 valence electrons. The molecular weight excluding hydrogens is 214 g/mol. The van der Waals surface area contributed by atoms with Crippen molar-refractivity contribution in [2.45, 2.75) is 26.8 Å². The molecule has 0 spiro atoms. The van der Waals surface area contributed by atoms with Gasteiger partial charge in [-0.2, -0.15) is 0 Å². The predicted molar refractivity (Wildman–Crippen MR) is 70.8 cm³/mol. The van der Waals surface area contributed by atoms with Crippen molar-refractivity contribution in [3.8, 4) is 11.5 Å². The lowest BCUT2D eigenvalue weighted by Crippen LogP contribution is -2.30. The lowest BCUT2D eigenvalue weighted by molar-refractivity contribution is 0.276. The third-order valence-corrected chi connectivity index (χ3v) is 2.90. The summed E-state index contributed by atoms with van der Waals surface area (Å²) in [6.07, 6.45) is 0. The summed E-state index contributed by atoms with van der Waals surface area (Å²) in [4.78, 5) is 0. The Bertz CT molecular complexity index is 369. The Balaban J connectivity index is 3.25. The van der Waals surface area contributed by atoms with Gasteiger partial charge in [0.25, 0.3) is 0 Å². The minimum atomic E-state index is 0.106. The predicted octanol–water partition coefficient (Wildman–Crippen LogP) is 3.01. The van der Waals surface area contributed by atoms with Gasteiger partial charge in [-0.3, -0.25) is 0 Å². The highest BCUT2D eigenvalue weighted by Gasteiger charge is 2.27. The van der Waals surface area contributed by atoms with Crippen LogP contribution in [-0.4, -0.2) is 21.3 Å². The van der Waals surface area contributed by atoms with E-state index in [-0.39, 0.29) is 11.5 Å². The molecule has 1 unspecified atom stereocenters. The highest BCUT2D eigenvalue weighted by Crippen LogP contribution is 2.38. The fourth-order valence-corrected chi connectivity index (χ4v) is 2.12. The maximum Gasteiger partial charge on any atom is 0.123 e. The van der Waals surface area contributed by atoms with E-state index in [9.17, 15) is 0 Å². The van der Waals surface area contributed by atoms with Crippen molar-refractivity contribution in [2.24, 2.45) is 5.41 Å². The van der Waals surface area contributed by atoms with Crippen LogP contribution in [0.25, 0.3) is 0 Å². The summed E-state index contributed by atoms with van der Waals surface area (Å²) in [6, 6.07) is 6.11. The van der Waals surface area contributed by atoms with Gasteiger partial charge in [0.2, 0.25) is 0 Å². The highest BCUT2D eigenvalue weighted by molar-refractivity contribution is 5.42. The summed E-state index contributed by atoms with van der Waals surface area (Å²) in [6.45, 7) is 6.60. The zero-order valence-corrected chi connectivity index (χ0v) is 11.6. The molecule has 0 heterocycles. The molecule has 0 aliphatic carbocycles. The molecule has 0 amide bonds. The number of methoxy groups -OCH3 is 2. The highest BCUT2D eigenvalue weighted by atomic mass is 16.5. The van der Waals surface area contributed by atoms with Crippen molar-refractivity contribution in [1.82, 2.24) is 5.32 Å². The van der Waals surface area contributed by atoms with E-state index in [1.807, 2.05) is 25.2 Å². The average Bonchev–Trinajstić information content (AvgIpc) is 2.28. The first-order chi connectivity index (χ1) is 7.93. The van der Waals surface area contributed by atoms with E-state index in [1.165, 1.54) is 0 Å². The molecule has 1 aromatic rings. The molecule has 3 heteroatoms. The van der Waals surface area contributed by atoms with Crippen LogP contribution >= 0.6 is 0 Å². The summed E-state index contributed by atoms with van der Waals surface area (Å²) < 4.78 is 10.7. The van der Waals surface area contributed by atoms with Crippen molar-refractivity contribution in [3.63, 3.8) is 0 Å². The third-order valence-electron chi connectivity index (χ3n) is 2.90. The fourth-order valence-electron chi connectivity index (χ4n) is 2.12. The Morgan fingerprint density at radius 2 is 1.76 bits per heavy atom. The molecule has 0 radical (unpaired) electrons. The normalized spacial score (nSPS) is 13.3. The number of hydrogen-bond acceptors (Lipinski definition) is 3. The van der Waals surface area contributed by atoms with Gasteiger partial charge in [0.1, 0.15) is 11.5 Å². The number of hydrogen-bond donors (Lipinski definition) is 1. The summed E-state index contributed by atoms with van der Waals surface area (Å²) >= 11 is 0. The molecule has 1 aromatic carbocycles. The first-order valence-corrected chi connectivity index (χ1v) is 5.83. The second kappa shape index (κ2) is 5.41. The largest absolute Gasteiger partial charge is 0.497 e. The average molecular weight is 237 g/mol. The van der Waals surface area contributed by atoms with Crippen molar-refractivity contribution in [2.75, 3.05) is 21.3 Å². The first kappa shape index (κ1) is 13.8. The van der Waals surface area contributed by atoms with Gasteiger partial charge in [-0.25, -0.2) is 0 Å². The minimum Gasteiger partial charge on any atom is -0.497 e. The Kier molecular flexibility index (Phi) is 4.40. The molecule has 17 heavy (non-hydrogen) atoms. The van der Waals surface area contributed by atoms with E-state index in [2.05, 4.69) is 26.1 Å². The van der Waals surface area contributed by atoms with Crippen LogP contribution in [0.2, 0.25) is 0 Å². The summed E-state index contributed by atoms with van der Waals surface area (Å²) in [5, 5.41) is 3.35. The smallest absolute Gasteiger partial charge is 0.123 e. The zero-order valence-electron chi connectivity index (χ0n) is 11.6. The van der Waals surface area contributed by atoms with Crippen LogP contribution in [0.1, 0.15) is 32.4 Å². The molecule has 3 nitrogen and oxygen atoms in total. The van der Waals surface area contributed by atoms with Crippen LogP contribution in [0.3, 0.4) is 0 Å². The Morgan fingerprint density at radius 3 is 2.18 bits per heavy atom. The summed E-state index contributed by atoms with van der Waals surface area (Å²) in [7, 11) is 5.34. The fraction of sp³-hybridized carbons (Fsp3) is 0.571. The first-order valence-electron chi connectivity index (χ1n) is 5.83. The van der Waals surface area contributed by atoms with Crippen LogP contribution in [-0.2, 0) is 0 Å². The van der Waals surface area contributed by atoms with E-state index in [0.717, 1.165) is 17.1 Å². The van der Waals surface area contributed by atoms with Crippen molar-refractivity contribution < 1.29 is 9.47 Å². The monoisotopic (exact) mass is 237 g/mol. The lowest BCUT2D eigenvalue weighted by Gasteiger charge is -2.32. The minimum absolute atomic E-state index is 0.106. The Morgan fingerprint density at radius 1 is 1.12 bits per heavy atom. The summed E-state index contributed by atoms with van der Waals surface area (Å²) in [5.41, 5.74) is 1.23. The molecule has 1 atom stereocenters. The lowest BCUT2D eigenvalue weighted by atomic mass is 9.82.